The Kier molecular flexibility index (Phi) is 5.38. The maximum Gasteiger partial charge on any atom is 0.410 e. The highest BCUT2D eigenvalue weighted by molar-refractivity contribution is 5.93. The minimum Gasteiger partial charge on any atom is -0.497 e. The third-order valence-electron chi connectivity index (χ3n) is 5.87. The van der Waals surface area contributed by atoms with Gasteiger partial charge in [-0.05, 0) is 49.3 Å². The van der Waals surface area contributed by atoms with Gasteiger partial charge in [0.05, 0.1) is 13.2 Å². The summed E-state index contributed by atoms with van der Waals surface area (Å²) in [5.41, 5.74) is 0.867. The molecule has 1 amide bonds. The average Bonchev–Trinajstić information content (AvgIpc) is 3.49. The molecular formula is C21H25F3N4O2. The lowest BCUT2D eigenvalue weighted by Crippen LogP contribution is -2.40. The second kappa shape index (κ2) is 7.85. The molecule has 1 aromatic carbocycles. The van der Waals surface area contributed by atoms with Crippen LogP contribution in [0.3, 0.4) is 0 Å². The Balaban J connectivity index is 1.54. The second-order valence-corrected chi connectivity index (χ2v) is 7.95. The summed E-state index contributed by atoms with van der Waals surface area (Å²) in [6, 6.07) is 6.49. The van der Waals surface area contributed by atoms with E-state index in [1.807, 2.05) is 19.1 Å². The number of hydrogen-bond donors (Lipinski definition) is 2. The number of fused-ring (bicyclic) bond motifs is 1. The quantitative estimate of drug-likeness (QED) is 0.721. The number of aromatic nitrogens is 2. The van der Waals surface area contributed by atoms with Crippen molar-refractivity contribution in [3.8, 4) is 5.75 Å². The number of methoxy groups -OCH3 is 1. The molecule has 0 radical (unpaired) electrons. The first kappa shape index (κ1) is 20.6. The highest BCUT2D eigenvalue weighted by Crippen LogP contribution is 2.45. The molecule has 0 bridgehead atoms. The molecule has 3 atom stereocenters. The number of carbonyl (C=O) groups is 1. The molecule has 0 spiro atoms. The minimum atomic E-state index is -4.42. The zero-order valence-corrected chi connectivity index (χ0v) is 16.9. The van der Waals surface area contributed by atoms with Crippen LogP contribution < -0.4 is 15.4 Å². The number of benzene rings is 1. The smallest absolute Gasteiger partial charge is 0.410 e. The summed E-state index contributed by atoms with van der Waals surface area (Å²) in [4.78, 5) is 12.8. The van der Waals surface area contributed by atoms with Crippen LogP contribution in [0.2, 0.25) is 0 Å². The molecule has 9 heteroatoms. The summed E-state index contributed by atoms with van der Waals surface area (Å²) in [5, 5.41) is 10.1. The van der Waals surface area contributed by atoms with Gasteiger partial charge >= 0.3 is 6.18 Å². The Morgan fingerprint density at radius 1 is 1.33 bits per heavy atom. The fraction of sp³-hybridized carbons (Fsp3) is 0.524. The van der Waals surface area contributed by atoms with Gasteiger partial charge in [-0.15, -0.1) is 0 Å². The van der Waals surface area contributed by atoms with Crippen LogP contribution in [0.15, 0.2) is 30.3 Å². The van der Waals surface area contributed by atoms with Crippen LogP contribution in [-0.2, 0) is 0 Å². The fourth-order valence-electron chi connectivity index (χ4n) is 4.01. The average molecular weight is 422 g/mol. The van der Waals surface area contributed by atoms with E-state index < -0.39 is 18.1 Å². The highest BCUT2D eigenvalue weighted by Gasteiger charge is 2.49. The van der Waals surface area contributed by atoms with Gasteiger partial charge in [-0.25, -0.2) is 4.68 Å². The Morgan fingerprint density at radius 3 is 2.60 bits per heavy atom. The SMILES string of the molecule is CC[C@H](NC(=O)c1cc2n(n1)[C@@H](C(F)(F)F)C[C@@H](C1CC1)N2)c1ccc(OC)cc1. The summed E-state index contributed by atoms with van der Waals surface area (Å²) >= 11 is 0. The largest absolute Gasteiger partial charge is 0.497 e. The van der Waals surface area contributed by atoms with E-state index in [1.165, 1.54) is 6.07 Å². The number of nitrogens with zero attached hydrogens (tertiary/aromatic N) is 2. The molecule has 2 heterocycles. The van der Waals surface area contributed by atoms with Gasteiger partial charge < -0.3 is 15.4 Å². The van der Waals surface area contributed by atoms with Crippen LogP contribution in [-0.4, -0.2) is 35.0 Å². The maximum absolute atomic E-state index is 13.6. The van der Waals surface area contributed by atoms with E-state index in [0.29, 0.717) is 12.2 Å². The van der Waals surface area contributed by atoms with Gasteiger partial charge in [0.25, 0.3) is 5.91 Å². The van der Waals surface area contributed by atoms with Crippen LogP contribution in [0, 0.1) is 5.92 Å². The Morgan fingerprint density at radius 2 is 2.03 bits per heavy atom. The van der Waals surface area contributed by atoms with Crippen molar-refractivity contribution >= 4 is 11.7 Å². The normalized spacial score (nSPS) is 22.0. The number of ether oxygens (including phenoxy) is 1. The third-order valence-corrected chi connectivity index (χ3v) is 5.87. The summed E-state index contributed by atoms with van der Waals surface area (Å²) < 4.78 is 47.0. The van der Waals surface area contributed by atoms with Crippen molar-refractivity contribution in [2.75, 3.05) is 12.4 Å². The zero-order valence-electron chi connectivity index (χ0n) is 16.9. The van der Waals surface area contributed by atoms with Crippen LogP contribution in [0.1, 0.15) is 60.7 Å². The van der Waals surface area contributed by atoms with Gasteiger partial charge in [0.15, 0.2) is 11.7 Å². The van der Waals surface area contributed by atoms with E-state index in [1.54, 1.807) is 19.2 Å². The van der Waals surface area contributed by atoms with E-state index in [-0.39, 0.29) is 35.9 Å². The monoisotopic (exact) mass is 422 g/mol. The van der Waals surface area contributed by atoms with Crippen molar-refractivity contribution in [3.05, 3.63) is 41.6 Å². The highest BCUT2D eigenvalue weighted by atomic mass is 19.4. The van der Waals surface area contributed by atoms with Gasteiger partial charge in [-0.2, -0.15) is 18.3 Å². The molecule has 0 unspecified atom stereocenters. The molecule has 162 valence electrons. The number of amides is 1. The lowest BCUT2D eigenvalue weighted by Gasteiger charge is -2.33. The minimum absolute atomic E-state index is 0.0184. The van der Waals surface area contributed by atoms with Crippen molar-refractivity contribution < 1.29 is 22.7 Å². The molecule has 1 saturated carbocycles. The van der Waals surface area contributed by atoms with E-state index >= 15 is 0 Å². The molecule has 6 nitrogen and oxygen atoms in total. The molecular weight excluding hydrogens is 397 g/mol. The molecule has 2 aliphatic rings. The molecule has 1 fully saturated rings. The summed E-state index contributed by atoms with van der Waals surface area (Å²) in [6.45, 7) is 1.93. The van der Waals surface area contributed by atoms with Crippen LogP contribution in [0.5, 0.6) is 5.75 Å². The van der Waals surface area contributed by atoms with Crippen molar-refractivity contribution in [1.29, 1.82) is 0 Å². The van der Waals surface area contributed by atoms with Gasteiger partial charge in [0, 0.05) is 12.1 Å². The number of rotatable bonds is 6. The topological polar surface area (TPSA) is 68.2 Å². The van der Waals surface area contributed by atoms with E-state index in [2.05, 4.69) is 15.7 Å². The van der Waals surface area contributed by atoms with Crippen LogP contribution in [0.25, 0.3) is 0 Å². The first-order chi connectivity index (χ1) is 14.3. The number of carbonyl (C=O) groups excluding carboxylic acids is 1. The number of alkyl halides is 3. The van der Waals surface area contributed by atoms with E-state index in [0.717, 1.165) is 23.1 Å². The number of halogens is 3. The van der Waals surface area contributed by atoms with Crippen molar-refractivity contribution in [1.82, 2.24) is 15.1 Å². The van der Waals surface area contributed by atoms with Gasteiger partial charge in [0.1, 0.15) is 11.6 Å². The predicted molar refractivity (Wildman–Crippen MR) is 106 cm³/mol. The standard InChI is InChI=1S/C21H25F3N4O2/c1-3-15(12-6-8-14(30-2)9-7-12)26-20(29)17-11-19-25-16(13-4-5-13)10-18(21(22,23)24)28(19)27-17/h6-9,11,13,15-16,18,25H,3-5,10H2,1-2H3,(H,26,29)/t15-,16-,18+/m0/s1. The zero-order chi connectivity index (χ0) is 21.5. The Labute approximate surface area is 172 Å². The summed E-state index contributed by atoms with van der Waals surface area (Å²) in [7, 11) is 1.57. The molecule has 30 heavy (non-hydrogen) atoms. The van der Waals surface area contributed by atoms with Crippen LogP contribution in [0.4, 0.5) is 19.0 Å². The Hall–Kier alpha value is -2.71. The molecule has 1 aliphatic carbocycles. The maximum atomic E-state index is 13.6. The summed E-state index contributed by atoms with van der Waals surface area (Å²) in [6.07, 6.45) is -1.99. The Bertz CT molecular complexity index is 906. The predicted octanol–water partition coefficient (Wildman–Crippen LogP) is 4.47. The van der Waals surface area contributed by atoms with Gasteiger partial charge in [0.2, 0.25) is 0 Å². The van der Waals surface area contributed by atoms with E-state index in [4.69, 9.17) is 4.74 Å². The number of nitrogens with one attached hydrogen (secondary N) is 2. The second-order valence-electron chi connectivity index (χ2n) is 7.95. The van der Waals surface area contributed by atoms with Crippen molar-refractivity contribution in [2.45, 2.75) is 56.9 Å². The summed E-state index contributed by atoms with van der Waals surface area (Å²) in [5.74, 6) is 0.722. The number of anilines is 1. The third kappa shape index (κ3) is 4.11. The van der Waals surface area contributed by atoms with E-state index in [9.17, 15) is 18.0 Å². The molecule has 1 aliphatic heterocycles. The molecule has 4 rings (SSSR count). The van der Waals surface area contributed by atoms with Gasteiger partial charge in [-0.3, -0.25) is 4.79 Å². The first-order valence-electron chi connectivity index (χ1n) is 10.2. The first-order valence-corrected chi connectivity index (χ1v) is 10.2. The lowest BCUT2D eigenvalue weighted by atomic mass is 10.0. The molecule has 2 aromatic rings. The molecule has 0 saturated heterocycles. The lowest BCUT2D eigenvalue weighted by molar-refractivity contribution is -0.174. The van der Waals surface area contributed by atoms with Gasteiger partial charge in [-0.1, -0.05) is 19.1 Å². The van der Waals surface area contributed by atoms with Crippen LogP contribution >= 0.6 is 0 Å². The number of hydrogen-bond acceptors (Lipinski definition) is 4. The fourth-order valence-corrected chi connectivity index (χ4v) is 4.01. The van der Waals surface area contributed by atoms with Crippen molar-refractivity contribution in [3.63, 3.8) is 0 Å². The molecule has 1 aromatic heterocycles. The molecule has 2 N–H and O–H groups in total. The van der Waals surface area contributed by atoms with Crippen molar-refractivity contribution in [2.24, 2.45) is 5.92 Å².